The first-order valence-electron chi connectivity index (χ1n) is 5.52. The number of amides is 1. The van der Waals surface area contributed by atoms with Crippen LogP contribution < -0.4 is 11.1 Å². The van der Waals surface area contributed by atoms with E-state index in [9.17, 15) is 9.90 Å². The van der Waals surface area contributed by atoms with Crippen LogP contribution in [0, 0.1) is 0 Å². The Morgan fingerprint density at radius 2 is 2.18 bits per heavy atom. The van der Waals surface area contributed by atoms with Gasteiger partial charge in [0.25, 0.3) is 5.91 Å². The minimum absolute atomic E-state index is 0.0395. The van der Waals surface area contributed by atoms with E-state index in [0.717, 1.165) is 13.0 Å². The Kier molecular flexibility index (Phi) is 4.78. The molecule has 0 atom stereocenters. The highest BCUT2D eigenvalue weighted by molar-refractivity contribution is 5.99. The van der Waals surface area contributed by atoms with Crippen molar-refractivity contribution in [3.05, 3.63) is 23.8 Å². The second-order valence-electron chi connectivity index (χ2n) is 4.18. The smallest absolute Gasteiger partial charge is 0.253 e. The Morgan fingerprint density at radius 1 is 1.47 bits per heavy atom. The molecule has 0 aliphatic carbocycles. The van der Waals surface area contributed by atoms with E-state index in [1.165, 1.54) is 18.2 Å². The highest BCUT2D eigenvalue weighted by Gasteiger charge is 2.09. The molecule has 5 heteroatoms. The Bertz CT molecular complexity index is 391. The molecule has 0 saturated carbocycles. The van der Waals surface area contributed by atoms with Crippen molar-refractivity contribution >= 4 is 11.6 Å². The number of carbonyl (C=O) groups excluding carboxylic acids is 1. The van der Waals surface area contributed by atoms with E-state index in [0.29, 0.717) is 17.8 Å². The number of nitrogens with two attached hydrogens (primary N) is 1. The van der Waals surface area contributed by atoms with Crippen molar-refractivity contribution in [1.82, 2.24) is 10.2 Å². The molecule has 94 valence electrons. The molecule has 4 N–H and O–H groups in total. The molecular formula is C12H19N3O2. The lowest BCUT2D eigenvalue weighted by Gasteiger charge is -2.10. The number of nitrogen functional groups attached to an aromatic ring is 1. The fraction of sp³-hybridized carbons (Fsp3) is 0.417. The summed E-state index contributed by atoms with van der Waals surface area (Å²) in [5.41, 5.74) is 6.35. The summed E-state index contributed by atoms with van der Waals surface area (Å²) in [6, 6.07) is 4.35. The van der Waals surface area contributed by atoms with Crippen LogP contribution >= 0.6 is 0 Å². The van der Waals surface area contributed by atoms with E-state index in [4.69, 9.17) is 5.73 Å². The molecule has 0 unspecified atom stereocenters. The summed E-state index contributed by atoms with van der Waals surface area (Å²) in [5, 5.41) is 12.1. The Hall–Kier alpha value is -1.75. The number of rotatable bonds is 5. The highest BCUT2D eigenvalue weighted by Crippen LogP contribution is 2.18. The summed E-state index contributed by atoms with van der Waals surface area (Å²) in [7, 11) is 3.96. The number of nitrogens with zero attached hydrogens (tertiary/aromatic N) is 1. The molecule has 1 aromatic rings. The molecule has 0 fully saturated rings. The minimum Gasteiger partial charge on any atom is -0.508 e. The van der Waals surface area contributed by atoms with Crippen molar-refractivity contribution in [3.63, 3.8) is 0 Å². The molecule has 0 bridgehead atoms. The normalized spacial score (nSPS) is 10.5. The molecule has 1 aromatic carbocycles. The fourth-order valence-electron chi connectivity index (χ4n) is 1.43. The van der Waals surface area contributed by atoms with Gasteiger partial charge in [-0.25, -0.2) is 0 Å². The Balaban J connectivity index is 2.49. The third-order valence-corrected chi connectivity index (χ3v) is 2.35. The molecule has 1 rings (SSSR count). The topological polar surface area (TPSA) is 78.6 Å². The summed E-state index contributed by atoms with van der Waals surface area (Å²) in [6.07, 6.45) is 0.872. The number of anilines is 1. The van der Waals surface area contributed by atoms with Crippen LogP contribution in [0.4, 0.5) is 5.69 Å². The van der Waals surface area contributed by atoms with Gasteiger partial charge in [0.05, 0.1) is 5.56 Å². The van der Waals surface area contributed by atoms with Gasteiger partial charge < -0.3 is 21.1 Å². The minimum atomic E-state index is -0.253. The molecule has 0 aromatic heterocycles. The number of hydrogen-bond donors (Lipinski definition) is 3. The number of phenols is 1. The van der Waals surface area contributed by atoms with Crippen molar-refractivity contribution in [1.29, 1.82) is 0 Å². The molecule has 1 amide bonds. The second kappa shape index (κ2) is 6.10. The van der Waals surface area contributed by atoms with Crippen LogP contribution in [0.25, 0.3) is 0 Å². The number of phenolic OH excluding ortho intramolecular Hbond substituents is 1. The lowest BCUT2D eigenvalue weighted by molar-refractivity contribution is 0.0953. The Labute approximate surface area is 101 Å². The van der Waals surface area contributed by atoms with E-state index in [1.807, 2.05) is 14.1 Å². The zero-order valence-electron chi connectivity index (χ0n) is 10.2. The van der Waals surface area contributed by atoms with Gasteiger partial charge in [0, 0.05) is 12.2 Å². The molecular weight excluding hydrogens is 218 g/mol. The van der Waals surface area contributed by atoms with Gasteiger partial charge in [0.15, 0.2) is 0 Å². The van der Waals surface area contributed by atoms with Crippen LogP contribution in [0.5, 0.6) is 5.75 Å². The molecule has 17 heavy (non-hydrogen) atoms. The summed E-state index contributed by atoms with van der Waals surface area (Å²) in [6.45, 7) is 1.50. The van der Waals surface area contributed by atoms with Gasteiger partial charge >= 0.3 is 0 Å². The lowest BCUT2D eigenvalue weighted by atomic mass is 10.1. The van der Waals surface area contributed by atoms with Crippen LogP contribution in [0.3, 0.4) is 0 Å². The predicted octanol–water partition coefficient (Wildman–Crippen LogP) is 0.656. The third kappa shape index (κ3) is 4.32. The van der Waals surface area contributed by atoms with E-state index in [2.05, 4.69) is 10.2 Å². The number of benzene rings is 1. The highest BCUT2D eigenvalue weighted by atomic mass is 16.3. The van der Waals surface area contributed by atoms with Gasteiger partial charge in [-0.1, -0.05) is 0 Å². The Morgan fingerprint density at radius 3 is 2.82 bits per heavy atom. The van der Waals surface area contributed by atoms with Gasteiger partial charge in [-0.05, 0) is 45.3 Å². The van der Waals surface area contributed by atoms with Crippen LogP contribution in [-0.4, -0.2) is 43.1 Å². The summed E-state index contributed by atoms with van der Waals surface area (Å²) in [4.78, 5) is 13.8. The maximum atomic E-state index is 11.7. The van der Waals surface area contributed by atoms with Crippen LogP contribution in [0.2, 0.25) is 0 Å². The van der Waals surface area contributed by atoms with E-state index >= 15 is 0 Å². The maximum Gasteiger partial charge on any atom is 0.253 e. The molecule has 0 spiro atoms. The van der Waals surface area contributed by atoms with Crippen LogP contribution in [0.15, 0.2) is 18.2 Å². The summed E-state index contributed by atoms with van der Waals surface area (Å²) in [5.74, 6) is -0.213. The zero-order valence-corrected chi connectivity index (χ0v) is 10.2. The number of carbonyl (C=O) groups is 1. The van der Waals surface area contributed by atoms with E-state index < -0.39 is 0 Å². The number of aromatic hydroxyl groups is 1. The lowest BCUT2D eigenvalue weighted by Crippen LogP contribution is -2.27. The monoisotopic (exact) mass is 237 g/mol. The molecule has 0 saturated heterocycles. The average Bonchev–Trinajstić information content (AvgIpc) is 2.27. The fourth-order valence-corrected chi connectivity index (χ4v) is 1.43. The van der Waals surface area contributed by atoms with Crippen molar-refractivity contribution < 1.29 is 9.90 Å². The van der Waals surface area contributed by atoms with Crippen LogP contribution in [0.1, 0.15) is 16.8 Å². The van der Waals surface area contributed by atoms with Gasteiger partial charge in [0.1, 0.15) is 5.75 Å². The first-order chi connectivity index (χ1) is 8.00. The number of nitrogens with one attached hydrogen (secondary N) is 1. The average molecular weight is 237 g/mol. The number of hydrogen-bond acceptors (Lipinski definition) is 4. The van der Waals surface area contributed by atoms with Crippen molar-refractivity contribution in [3.8, 4) is 5.75 Å². The molecule has 0 heterocycles. The first kappa shape index (κ1) is 13.3. The predicted molar refractivity (Wildman–Crippen MR) is 68.0 cm³/mol. The van der Waals surface area contributed by atoms with Crippen molar-refractivity contribution in [2.24, 2.45) is 0 Å². The first-order valence-corrected chi connectivity index (χ1v) is 5.52. The maximum absolute atomic E-state index is 11.7. The SMILES string of the molecule is CN(C)CCCNC(=O)c1cc(O)ccc1N. The quantitative estimate of drug-likeness (QED) is 0.399. The van der Waals surface area contributed by atoms with Gasteiger partial charge in [-0.15, -0.1) is 0 Å². The van der Waals surface area contributed by atoms with E-state index in [1.54, 1.807) is 0 Å². The van der Waals surface area contributed by atoms with Crippen molar-refractivity contribution in [2.45, 2.75) is 6.42 Å². The molecule has 0 radical (unpaired) electrons. The third-order valence-electron chi connectivity index (χ3n) is 2.35. The van der Waals surface area contributed by atoms with Gasteiger partial charge in [-0.3, -0.25) is 4.79 Å². The second-order valence-corrected chi connectivity index (χ2v) is 4.18. The van der Waals surface area contributed by atoms with Crippen molar-refractivity contribution in [2.75, 3.05) is 32.9 Å². The van der Waals surface area contributed by atoms with E-state index in [-0.39, 0.29) is 11.7 Å². The molecule has 0 aliphatic heterocycles. The zero-order chi connectivity index (χ0) is 12.8. The largest absolute Gasteiger partial charge is 0.508 e. The summed E-state index contributed by atoms with van der Waals surface area (Å²) >= 11 is 0. The van der Waals surface area contributed by atoms with Crippen LogP contribution in [-0.2, 0) is 0 Å². The molecule has 5 nitrogen and oxygen atoms in total. The standard InChI is InChI=1S/C12H19N3O2/c1-15(2)7-3-6-14-12(17)10-8-9(16)4-5-11(10)13/h4-5,8,16H,3,6-7,13H2,1-2H3,(H,14,17). The van der Waals surface area contributed by atoms with Gasteiger partial charge in [-0.2, -0.15) is 0 Å². The van der Waals surface area contributed by atoms with Gasteiger partial charge in [0.2, 0.25) is 0 Å². The molecule has 0 aliphatic rings. The summed E-state index contributed by atoms with van der Waals surface area (Å²) < 4.78 is 0.